The Morgan fingerprint density at radius 3 is 1.93 bits per heavy atom. The van der Waals surface area contributed by atoms with E-state index in [0.717, 1.165) is 33.4 Å². The van der Waals surface area contributed by atoms with Crippen molar-refractivity contribution in [2.45, 2.75) is 79.6 Å². The van der Waals surface area contributed by atoms with E-state index in [4.69, 9.17) is 24.1 Å². The number of fused-ring (bicyclic) bond motifs is 2. The van der Waals surface area contributed by atoms with Crippen molar-refractivity contribution in [1.82, 2.24) is 9.80 Å². The van der Waals surface area contributed by atoms with Crippen molar-refractivity contribution < 1.29 is 48.3 Å². The van der Waals surface area contributed by atoms with Crippen LogP contribution in [-0.2, 0) is 38.8 Å². The van der Waals surface area contributed by atoms with Crippen molar-refractivity contribution in [3.05, 3.63) is 45.5 Å². The Bertz CT molecular complexity index is 1520. The zero-order chi connectivity index (χ0) is 33.9. The molecule has 4 rings (SSSR count). The molecule has 2 N–H and O–H groups in total. The smallest absolute Gasteiger partial charge is 0.306 e. The highest BCUT2D eigenvalue weighted by Crippen LogP contribution is 2.47. The fourth-order valence-corrected chi connectivity index (χ4v) is 6.20. The molecule has 2 heterocycles. The molecular weight excluding hydrogens is 596 g/mol. The lowest BCUT2D eigenvalue weighted by molar-refractivity contribution is -0.146. The third kappa shape index (κ3) is 7.00. The molecule has 0 saturated heterocycles. The summed E-state index contributed by atoms with van der Waals surface area (Å²) in [6, 6.07) is 3.48. The molecule has 2 aliphatic rings. The number of aliphatic carboxylic acids is 2. The van der Waals surface area contributed by atoms with Gasteiger partial charge in [-0.1, -0.05) is 13.8 Å². The number of amides is 2. The maximum atomic E-state index is 13.0. The summed E-state index contributed by atoms with van der Waals surface area (Å²) in [6.07, 6.45) is 0.423. The molecule has 2 aliphatic heterocycles. The van der Waals surface area contributed by atoms with Crippen LogP contribution in [0.15, 0.2) is 12.1 Å². The predicted molar refractivity (Wildman–Crippen MR) is 167 cm³/mol. The van der Waals surface area contributed by atoms with E-state index in [9.17, 15) is 24.3 Å². The summed E-state index contributed by atoms with van der Waals surface area (Å²) in [5, 5.41) is 18.4. The highest BCUT2D eigenvalue weighted by molar-refractivity contribution is 5.84. The van der Waals surface area contributed by atoms with E-state index in [2.05, 4.69) is 0 Å². The molecule has 0 saturated carbocycles. The number of ether oxygens (including phenoxy) is 4. The molecule has 0 radical (unpaired) electrons. The summed E-state index contributed by atoms with van der Waals surface area (Å²) in [5.41, 5.74) is 5.61. The first-order valence-corrected chi connectivity index (χ1v) is 15.5. The lowest BCUT2D eigenvalue weighted by Gasteiger charge is -2.24. The van der Waals surface area contributed by atoms with Gasteiger partial charge in [-0.3, -0.25) is 19.2 Å². The largest absolute Gasteiger partial charge is 0.493 e. The molecule has 0 aliphatic carbocycles. The minimum atomic E-state index is -0.997. The Hall–Kier alpha value is -4.48. The quantitative estimate of drug-likeness (QED) is 0.280. The lowest BCUT2D eigenvalue weighted by atomic mass is 9.94. The normalized spacial score (nSPS) is 16.4. The molecule has 2 aromatic rings. The van der Waals surface area contributed by atoms with Crippen molar-refractivity contribution in [3.8, 4) is 23.0 Å². The average Bonchev–Trinajstić information content (AvgIpc) is 3.59. The molecule has 2 amide bonds. The van der Waals surface area contributed by atoms with Crippen LogP contribution < -0.4 is 18.9 Å². The zero-order valence-electron chi connectivity index (χ0n) is 27.6. The summed E-state index contributed by atoms with van der Waals surface area (Å²) >= 11 is 0. The Morgan fingerprint density at radius 2 is 1.37 bits per heavy atom. The first kappa shape index (κ1) is 34.4. The molecule has 0 bridgehead atoms. The van der Waals surface area contributed by atoms with Crippen molar-refractivity contribution in [2.24, 2.45) is 11.8 Å². The highest BCUT2D eigenvalue weighted by atomic mass is 16.5. The molecule has 3 atom stereocenters. The Morgan fingerprint density at radius 1 is 0.804 bits per heavy atom. The second kappa shape index (κ2) is 14.3. The van der Waals surface area contributed by atoms with Crippen LogP contribution in [0, 0.1) is 25.7 Å². The van der Waals surface area contributed by atoms with Gasteiger partial charge in [0.15, 0.2) is 23.0 Å². The number of hydrogen-bond donors (Lipinski definition) is 2. The van der Waals surface area contributed by atoms with Gasteiger partial charge in [-0.05, 0) is 55.2 Å². The molecule has 250 valence electrons. The molecule has 2 aromatic carbocycles. The molecule has 12 nitrogen and oxygen atoms in total. The highest BCUT2D eigenvalue weighted by Gasteiger charge is 2.37. The Labute approximate surface area is 269 Å². The van der Waals surface area contributed by atoms with Gasteiger partial charge in [0.05, 0.1) is 45.3 Å². The van der Waals surface area contributed by atoms with Gasteiger partial charge in [0, 0.05) is 50.0 Å². The van der Waals surface area contributed by atoms with E-state index in [1.165, 1.54) is 13.8 Å². The van der Waals surface area contributed by atoms with Crippen molar-refractivity contribution in [2.75, 3.05) is 27.4 Å². The summed E-state index contributed by atoms with van der Waals surface area (Å²) in [6.45, 7) is 10.7. The van der Waals surface area contributed by atoms with Crippen LogP contribution in [0.3, 0.4) is 0 Å². The van der Waals surface area contributed by atoms with Crippen LogP contribution >= 0.6 is 0 Å². The second-order valence-corrected chi connectivity index (χ2v) is 12.2. The lowest BCUT2D eigenvalue weighted by Crippen LogP contribution is -2.31. The maximum absolute atomic E-state index is 13.0. The zero-order valence-corrected chi connectivity index (χ0v) is 27.6. The summed E-state index contributed by atoms with van der Waals surface area (Å²) < 4.78 is 23.6. The van der Waals surface area contributed by atoms with E-state index < -0.39 is 23.8 Å². The standard InChI is InChI=1S/C34H44N2O10/c1-18(33(39)40)11-28(37)35-15-23-13-26(43-6)27(14-24(23)16-35)45-9-8-10-46-32-21(4)30-22(5)36(29(38)12-19(2)34(41)42)17-25(30)20(3)31(32)44-7/h13-14,18-19,22H,8-12,15-17H2,1-7H3,(H,39,40)(H,41,42)/t18-,19?,22?/m0/s1. The van der Waals surface area contributed by atoms with Crippen LogP contribution in [-0.4, -0.2) is 71.2 Å². The van der Waals surface area contributed by atoms with Crippen LogP contribution in [0.5, 0.6) is 23.0 Å². The van der Waals surface area contributed by atoms with Crippen LogP contribution in [0.2, 0.25) is 0 Å². The molecule has 2 unspecified atom stereocenters. The number of hydrogen-bond acceptors (Lipinski definition) is 8. The van der Waals surface area contributed by atoms with Crippen molar-refractivity contribution in [3.63, 3.8) is 0 Å². The number of carboxylic acids is 2. The Kier molecular flexibility index (Phi) is 10.7. The van der Waals surface area contributed by atoms with Gasteiger partial charge in [-0.2, -0.15) is 0 Å². The third-order valence-corrected chi connectivity index (χ3v) is 8.97. The van der Waals surface area contributed by atoms with E-state index >= 15 is 0 Å². The van der Waals surface area contributed by atoms with Gasteiger partial charge in [-0.25, -0.2) is 0 Å². The fourth-order valence-electron chi connectivity index (χ4n) is 6.20. The summed E-state index contributed by atoms with van der Waals surface area (Å²) in [7, 11) is 3.14. The molecule has 0 fully saturated rings. The fraction of sp³-hybridized carbons (Fsp3) is 0.529. The Balaban J connectivity index is 1.39. The number of rotatable bonds is 14. The van der Waals surface area contributed by atoms with Gasteiger partial charge in [0.2, 0.25) is 11.8 Å². The van der Waals surface area contributed by atoms with Crippen molar-refractivity contribution >= 4 is 23.8 Å². The SMILES string of the molecule is COc1cc2c(cc1OCCCOc1c(C)c3c(c(C)c1OC)CN(C(=O)CC(C)C(=O)O)C3C)CN(C(=O)C[C@H](C)C(=O)O)C2. The van der Waals surface area contributed by atoms with Gasteiger partial charge in [0.1, 0.15) is 0 Å². The predicted octanol–water partition coefficient (Wildman–Crippen LogP) is 4.64. The van der Waals surface area contributed by atoms with Crippen LogP contribution in [0.25, 0.3) is 0 Å². The molecule has 46 heavy (non-hydrogen) atoms. The second-order valence-electron chi connectivity index (χ2n) is 12.2. The number of carbonyl (C=O) groups is 4. The van der Waals surface area contributed by atoms with E-state index in [1.54, 1.807) is 24.0 Å². The topological polar surface area (TPSA) is 152 Å². The average molecular weight is 641 g/mol. The minimum absolute atomic E-state index is 0.0564. The van der Waals surface area contributed by atoms with Gasteiger partial charge in [-0.15, -0.1) is 0 Å². The summed E-state index contributed by atoms with van der Waals surface area (Å²) in [5.74, 6) is -1.62. The van der Waals surface area contributed by atoms with Crippen LogP contribution in [0.1, 0.15) is 79.5 Å². The van der Waals surface area contributed by atoms with Gasteiger partial charge < -0.3 is 39.0 Å². The van der Waals surface area contributed by atoms with Gasteiger partial charge >= 0.3 is 11.9 Å². The first-order chi connectivity index (χ1) is 21.8. The number of nitrogens with zero attached hydrogens (tertiary/aromatic N) is 2. The summed E-state index contributed by atoms with van der Waals surface area (Å²) in [4.78, 5) is 51.5. The van der Waals surface area contributed by atoms with Crippen LogP contribution in [0.4, 0.5) is 0 Å². The monoisotopic (exact) mass is 640 g/mol. The maximum Gasteiger partial charge on any atom is 0.306 e. The number of carbonyl (C=O) groups excluding carboxylic acids is 2. The van der Waals surface area contributed by atoms with Gasteiger partial charge in [0.25, 0.3) is 0 Å². The number of carboxylic acid groups (broad SMARTS) is 2. The molecule has 0 spiro atoms. The van der Waals surface area contributed by atoms with Crippen molar-refractivity contribution in [1.29, 1.82) is 0 Å². The number of methoxy groups -OCH3 is 2. The minimum Gasteiger partial charge on any atom is -0.493 e. The molecule has 0 aromatic heterocycles. The third-order valence-electron chi connectivity index (χ3n) is 8.97. The van der Waals surface area contributed by atoms with E-state index in [-0.39, 0.29) is 30.7 Å². The van der Waals surface area contributed by atoms with E-state index in [0.29, 0.717) is 62.3 Å². The first-order valence-electron chi connectivity index (χ1n) is 15.5. The molecular formula is C34H44N2O10. The number of benzene rings is 2. The van der Waals surface area contributed by atoms with E-state index in [1.807, 2.05) is 32.9 Å². The molecule has 12 heteroatoms.